The van der Waals surface area contributed by atoms with Gasteiger partial charge in [0.05, 0.1) is 6.10 Å². The Hall–Kier alpha value is -1.09. The predicted octanol–water partition coefficient (Wildman–Crippen LogP) is 2.76. The molecule has 1 rings (SSSR count). The van der Waals surface area contributed by atoms with Gasteiger partial charge in [-0.25, -0.2) is 4.98 Å². The summed E-state index contributed by atoms with van der Waals surface area (Å²) in [5, 5.41) is 9.70. The van der Waals surface area contributed by atoms with Gasteiger partial charge >= 0.3 is 0 Å². The van der Waals surface area contributed by atoms with Crippen LogP contribution < -0.4 is 4.90 Å². The fraction of sp³-hybridized carbons (Fsp3) is 0.615. The molecule has 0 spiro atoms. The summed E-state index contributed by atoms with van der Waals surface area (Å²) in [7, 11) is 2.04. The molecule has 2 atom stereocenters. The number of hydrogen-bond acceptors (Lipinski definition) is 3. The maximum atomic E-state index is 9.70. The fourth-order valence-corrected chi connectivity index (χ4v) is 1.85. The van der Waals surface area contributed by atoms with Crippen molar-refractivity contribution in [2.75, 3.05) is 11.9 Å². The monoisotopic (exact) mass is 222 g/mol. The van der Waals surface area contributed by atoms with Crippen LogP contribution in [0.2, 0.25) is 0 Å². The predicted molar refractivity (Wildman–Crippen MR) is 67.6 cm³/mol. The first-order chi connectivity index (χ1) is 7.57. The second-order valence-electron chi connectivity index (χ2n) is 4.34. The van der Waals surface area contributed by atoms with Crippen molar-refractivity contribution in [1.82, 2.24) is 4.98 Å². The van der Waals surface area contributed by atoms with Crippen LogP contribution in [0.5, 0.6) is 0 Å². The molecule has 1 N–H and O–H groups in total. The normalized spacial score (nSPS) is 14.6. The second-order valence-corrected chi connectivity index (χ2v) is 4.34. The van der Waals surface area contributed by atoms with Crippen LogP contribution in [0.4, 0.5) is 5.82 Å². The highest BCUT2D eigenvalue weighted by Crippen LogP contribution is 2.24. The van der Waals surface area contributed by atoms with Gasteiger partial charge in [-0.3, -0.25) is 0 Å². The zero-order chi connectivity index (χ0) is 12.1. The molecule has 0 saturated carbocycles. The van der Waals surface area contributed by atoms with Crippen LogP contribution in [0.15, 0.2) is 18.3 Å². The molecular formula is C13H22N2O. The molecule has 0 bridgehead atoms. The van der Waals surface area contributed by atoms with E-state index in [9.17, 15) is 5.11 Å². The molecule has 16 heavy (non-hydrogen) atoms. The number of nitrogens with zero attached hydrogens (tertiary/aromatic N) is 2. The number of rotatable bonds is 5. The first-order valence-corrected chi connectivity index (χ1v) is 5.93. The van der Waals surface area contributed by atoms with Crippen molar-refractivity contribution in [2.24, 2.45) is 0 Å². The number of aliphatic hydroxyl groups excluding tert-OH is 1. The zero-order valence-electron chi connectivity index (χ0n) is 10.6. The quantitative estimate of drug-likeness (QED) is 0.832. The van der Waals surface area contributed by atoms with Crippen LogP contribution in [-0.2, 0) is 0 Å². The van der Waals surface area contributed by atoms with E-state index in [0.717, 1.165) is 24.2 Å². The topological polar surface area (TPSA) is 36.4 Å². The number of anilines is 1. The van der Waals surface area contributed by atoms with E-state index in [1.165, 1.54) is 0 Å². The molecule has 3 heteroatoms. The van der Waals surface area contributed by atoms with Crippen LogP contribution in [0.25, 0.3) is 0 Å². The molecule has 0 fully saturated rings. The summed E-state index contributed by atoms with van der Waals surface area (Å²) in [6.45, 7) is 6.14. The van der Waals surface area contributed by atoms with Gasteiger partial charge in [0.2, 0.25) is 0 Å². The zero-order valence-corrected chi connectivity index (χ0v) is 10.6. The van der Waals surface area contributed by atoms with E-state index in [1.807, 2.05) is 19.2 Å². The van der Waals surface area contributed by atoms with E-state index in [2.05, 4.69) is 23.7 Å². The standard InChI is InChI=1S/C13H22N2O/c1-5-7-10(2)15(4)13-12(11(3)16)8-6-9-14-13/h6,8-11,16H,5,7H2,1-4H3. The Morgan fingerprint density at radius 2 is 2.12 bits per heavy atom. The van der Waals surface area contributed by atoms with Gasteiger partial charge in [-0.05, 0) is 26.3 Å². The molecule has 0 aromatic carbocycles. The van der Waals surface area contributed by atoms with Gasteiger partial charge in [0, 0.05) is 24.8 Å². The summed E-state index contributed by atoms with van der Waals surface area (Å²) in [5.74, 6) is 0.887. The summed E-state index contributed by atoms with van der Waals surface area (Å²) in [6, 6.07) is 4.24. The van der Waals surface area contributed by atoms with E-state index in [-0.39, 0.29) is 0 Å². The van der Waals surface area contributed by atoms with Crippen molar-refractivity contribution >= 4 is 5.82 Å². The molecule has 1 aromatic rings. The van der Waals surface area contributed by atoms with Crippen LogP contribution in [-0.4, -0.2) is 23.2 Å². The third-order valence-electron chi connectivity index (χ3n) is 2.97. The van der Waals surface area contributed by atoms with Crippen LogP contribution >= 0.6 is 0 Å². The Morgan fingerprint density at radius 1 is 1.44 bits per heavy atom. The maximum absolute atomic E-state index is 9.70. The minimum Gasteiger partial charge on any atom is -0.389 e. The third kappa shape index (κ3) is 2.95. The Balaban J connectivity index is 2.93. The SMILES string of the molecule is CCCC(C)N(C)c1ncccc1C(C)O. The van der Waals surface area contributed by atoms with Crippen LogP contribution in [0, 0.1) is 0 Å². The molecule has 1 aromatic heterocycles. The fourth-order valence-electron chi connectivity index (χ4n) is 1.85. The van der Waals surface area contributed by atoms with Gasteiger partial charge in [0.1, 0.15) is 5.82 Å². The number of aromatic nitrogens is 1. The number of aliphatic hydroxyl groups is 1. The van der Waals surface area contributed by atoms with Crippen molar-refractivity contribution < 1.29 is 5.11 Å². The van der Waals surface area contributed by atoms with Crippen molar-refractivity contribution in [3.8, 4) is 0 Å². The lowest BCUT2D eigenvalue weighted by Crippen LogP contribution is -2.30. The Morgan fingerprint density at radius 3 is 2.69 bits per heavy atom. The minimum atomic E-state index is -0.472. The molecular weight excluding hydrogens is 200 g/mol. The van der Waals surface area contributed by atoms with Crippen molar-refractivity contribution in [3.05, 3.63) is 23.9 Å². The van der Waals surface area contributed by atoms with Gasteiger partial charge in [-0.15, -0.1) is 0 Å². The summed E-state index contributed by atoms with van der Waals surface area (Å²) >= 11 is 0. The lowest BCUT2D eigenvalue weighted by molar-refractivity contribution is 0.199. The summed E-state index contributed by atoms with van der Waals surface area (Å²) < 4.78 is 0. The molecule has 1 heterocycles. The highest BCUT2D eigenvalue weighted by Gasteiger charge is 2.16. The smallest absolute Gasteiger partial charge is 0.134 e. The highest BCUT2D eigenvalue weighted by atomic mass is 16.3. The number of pyridine rings is 1. The largest absolute Gasteiger partial charge is 0.389 e. The summed E-state index contributed by atoms with van der Waals surface area (Å²) in [6.07, 6.45) is 3.59. The van der Waals surface area contributed by atoms with E-state index in [4.69, 9.17) is 0 Å². The molecule has 3 nitrogen and oxygen atoms in total. The van der Waals surface area contributed by atoms with Crippen LogP contribution in [0.1, 0.15) is 45.3 Å². The van der Waals surface area contributed by atoms with Crippen LogP contribution in [0.3, 0.4) is 0 Å². The number of hydrogen-bond donors (Lipinski definition) is 1. The Labute approximate surface area is 98.1 Å². The molecule has 0 aliphatic carbocycles. The Kier molecular flexibility index (Phi) is 4.74. The molecule has 0 amide bonds. The first-order valence-electron chi connectivity index (χ1n) is 5.93. The summed E-state index contributed by atoms with van der Waals surface area (Å²) in [4.78, 5) is 6.51. The van der Waals surface area contributed by atoms with E-state index in [1.54, 1.807) is 13.1 Å². The molecule has 90 valence electrons. The minimum absolute atomic E-state index is 0.442. The van der Waals surface area contributed by atoms with Gasteiger partial charge in [0.25, 0.3) is 0 Å². The molecule has 0 saturated heterocycles. The highest BCUT2D eigenvalue weighted by molar-refractivity contribution is 5.47. The lowest BCUT2D eigenvalue weighted by Gasteiger charge is -2.28. The van der Waals surface area contributed by atoms with Crippen molar-refractivity contribution in [1.29, 1.82) is 0 Å². The van der Waals surface area contributed by atoms with Crippen molar-refractivity contribution in [2.45, 2.75) is 45.8 Å². The van der Waals surface area contributed by atoms with E-state index >= 15 is 0 Å². The third-order valence-corrected chi connectivity index (χ3v) is 2.97. The van der Waals surface area contributed by atoms with E-state index < -0.39 is 6.10 Å². The molecule has 0 aliphatic heterocycles. The van der Waals surface area contributed by atoms with Gasteiger partial charge in [-0.2, -0.15) is 0 Å². The van der Waals surface area contributed by atoms with Gasteiger partial charge < -0.3 is 10.0 Å². The molecule has 0 radical (unpaired) electrons. The molecule has 2 unspecified atom stereocenters. The van der Waals surface area contributed by atoms with E-state index in [0.29, 0.717) is 6.04 Å². The summed E-state index contributed by atoms with van der Waals surface area (Å²) in [5.41, 5.74) is 0.896. The van der Waals surface area contributed by atoms with Crippen molar-refractivity contribution in [3.63, 3.8) is 0 Å². The average Bonchev–Trinajstić information content (AvgIpc) is 2.28. The average molecular weight is 222 g/mol. The Bertz CT molecular complexity index is 325. The van der Waals surface area contributed by atoms with Gasteiger partial charge in [-0.1, -0.05) is 19.4 Å². The van der Waals surface area contributed by atoms with Gasteiger partial charge in [0.15, 0.2) is 0 Å². The molecule has 0 aliphatic rings. The second kappa shape index (κ2) is 5.85. The maximum Gasteiger partial charge on any atom is 0.134 e. The lowest BCUT2D eigenvalue weighted by atomic mass is 10.1. The first kappa shape index (κ1) is 13.0.